The van der Waals surface area contributed by atoms with E-state index >= 15 is 0 Å². The summed E-state index contributed by atoms with van der Waals surface area (Å²) in [5.74, 6) is -2.77. The van der Waals surface area contributed by atoms with Gasteiger partial charge in [-0.05, 0) is 18.6 Å². The highest BCUT2D eigenvalue weighted by Gasteiger charge is 2.68. The molecule has 29 heavy (non-hydrogen) atoms. The summed E-state index contributed by atoms with van der Waals surface area (Å²) >= 11 is 0. The van der Waals surface area contributed by atoms with E-state index in [1.165, 1.54) is 14.2 Å². The molecule has 2 aliphatic carbocycles. The normalized spacial score (nSPS) is 28.6. The van der Waals surface area contributed by atoms with Crippen molar-refractivity contribution in [2.24, 2.45) is 11.8 Å². The van der Waals surface area contributed by atoms with Crippen molar-refractivity contribution >= 4 is 17.6 Å². The maximum absolute atomic E-state index is 13.8. The van der Waals surface area contributed by atoms with Crippen molar-refractivity contribution in [2.45, 2.75) is 18.1 Å². The zero-order valence-corrected chi connectivity index (χ0v) is 17.0. The van der Waals surface area contributed by atoms with E-state index in [1.807, 2.05) is 36.4 Å². The molecule has 0 radical (unpaired) electrons. The molecule has 7 heteroatoms. The van der Waals surface area contributed by atoms with Crippen LogP contribution in [-0.2, 0) is 34.0 Å². The summed E-state index contributed by atoms with van der Waals surface area (Å²) in [5.41, 5.74) is 0.999. The monoisotopic (exact) mass is 399 g/mol. The summed E-state index contributed by atoms with van der Waals surface area (Å²) in [6.45, 7) is 2.15. The molecule has 7 nitrogen and oxygen atoms in total. The highest BCUT2D eigenvalue weighted by molar-refractivity contribution is 6.10. The number of carbonyl (C=O) groups is 2. The molecule has 1 heterocycles. The standard InChI is InChI=1S/C22H25NO6/c1-5-29-19(24)14-12-18-21(11-10-15(14)22(18,27-3)28-4)16-8-6-7-9-17(16)23(13-26-2)20(21)25/h6-12,15,18H,5,13H2,1-4H3/t15-,18-,21-/m1/s1. The number of methoxy groups -OCH3 is 3. The summed E-state index contributed by atoms with van der Waals surface area (Å²) in [7, 11) is 4.63. The summed E-state index contributed by atoms with van der Waals surface area (Å²) in [6.07, 6.45) is 5.52. The van der Waals surface area contributed by atoms with Gasteiger partial charge in [-0.1, -0.05) is 36.4 Å². The second-order valence-electron chi connectivity index (χ2n) is 7.32. The zero-order chi connectivity index (χ0) is 20.8. The topological polar surface area (TPSA) is 74.3 Å². The number of ether oxygens (including phenoxy) is 4. The lowest BCUT2D eigenvalue weighted by Gasteiger charge is -2.46. The van der Waals surface area contributed by atoms with Gasteiger partial charge in [0.2, 0.25) is 5.91 Å². The van der Waals surface area contributed by atoms with Crippen molar-refractivity contribution in [1.82, 2.24) is 0 Å². The Morgan fingerprint density at radius 3 is 2.55 bits per heavy atom. The number of benzene rings is 1. The molecular weight excluding hydrogens is 374 g/mol. The molecule has 154 valence electrons. The number of amides is 1. The minimum atomic E-state index is -1.19. The number of esters is 1. The third kappa shape index (κ3) is 2.41. The van der Waals surface area contributed by atoms with Gasteiger partial charge in [0.25, 0.3) is 0 Å². The minimum absolute atomic E-state index is 0.128. The molecule has 1 amide bonds. The lowest BCUT2D eigenvalue weighted by atomic mass is 9.64. The fraction of sp³-hybridized carbons (Fsp3) is 0.455. The van der Waals surface area contributed by atoms with Gasteiger partial charge in [0.05, 0.1) is 24.1 Å². The van der Waals surface area contributed by atoms with E-state index in [4.69, 9.17) is 18.9 Å². The Labute approximate surface area is 169 Å². The average molecular weight is 399 g/mol. The van der Waals surface area contributed by atoms with Gasteiger partial charge in [-0.15, -0.1) is 0 Å². The molecule has 3 atom stereocenters. The number of nitrogens with zero attached hydrogens (tertiary/aromatic N) is 1. The van der Waals surface area contributed by atoms with Gasteiger partial charge in [-0.2, -0.15) is 0 Å². The number of hydrogen-bond acceptors (Lipinski definition) is 6. The molecule has 1 aromatic carbocycles. The molecule has 0 N–H and O–H groups in total. The fourth-order valence-electron chi connectivity index (χ4n) is 5.07. The molecule has 1 spiro atoms. The van der Waals surface area contributed by atoms with E-state index in [2.05, 4.69) is 0 Å². The minimum Gasteiger partial charge on any atom is -0.463 e. The molecule has 0 saturated heterocycles. The van der Waals surface area contributed by atoms with Gasteiger partial charge < -0.3 is 18.9 Å². The Bertz CT molecular complexity index is 902. The van der Waals surface area contributed by atoms with E-state index in [0.29, 0.717) is 5.57 Å². The third-order valence-electron chi connectivity index (χ3n) is 6.24. The van der Waals surface area contributed by atoms with Crippen molar-refractivity contribution < 1.29 is 28.5 Å². The Morgan fingerprint density at radius 1 is 1.17 bits per heavy atom. The van der Waals surface area contributed by atoms with Crippen LogP contribution in [0, 0.1) is 11.8 Å². The number of para-hydroxylation sites is 1. The Morgan fingerprint density at radius 2 is 1.90 bits per heavy atom. The van der Waals surface area contributed by atoms with Crippen LogP contribution in [0.25, 0.3) is 0 Å². The summed E-state index contributed by atoms with van der Waals surface area (Å²) in [5, 5.41) is 0. The van der Waals surface area contributed by atoms with Crippen LogP contribution in [0.4, 0.5) is 5.69 Å². The second kappa shape index (κ2) is 7.09. The first-order chi connectivity index (χ1) is 14.0. The molecule has 0 aromatic heterocycles. The van der Waals surface area contributed by atoms with E-state index in [-0.39, 0.29) is 19.2 Å². The summed E-state index contributed by atoms with van der Waals surface area (Å²) in [4.78, 5) is 28.0. The van der Waals surface area contributed by atoms with E-state index in [1.54, 1.807) is 25.0 Å². The van der Waals surface area contributed by atoms with E-state index in [9.17, 15) is 9.59 Å². The van der Waals surface area contributed by atoms with Crippen LogP contribution in [0.5, 0.6) is 0 Å². The molecule has 3 aliphatic rings. The highest BCUT2D eigenvalue weighted by Crippen LogP contribution is 2.60. The van der Waals surface area contributed by atoms with Crippen molar-refractivity contribution in [3.05, 3.63) is 53.6 Å². The van der Waals surface area contributed by atoms with Crippen molar-refractivity contribution in [3.63, 3.8) is 0 Å². The van der Waals surface area contributed by atoms with Gasteiger partial charge in [-0.25, -0.2) is 4.79 Å². The average Bonchev–Trinajstić information content (AvgIpc) is 3.10. The van der Waals surface area contributed by atoms with E-state index in [0.717, 1.165) is 11.3 Å². The van der Waals surface area contributed by atoms with Gasteiger partial charge in [-0.3, -0.25) is 9.69 Å². The van der Waals surface area contributed by atoms with Crippen LogP contribution in [0.1, 0.15) is 12.5 Å². The van der Waals surface area contributed by atoms with Crippen LogP contribution in [0.15, 0.2) is 48.1 Å². The molecule has 0 unspecified atom stereocenters. The maximum Gasteiger partial charge on any atom is 0.334 e. The Kier molecular flexibility index (Phi) is 4.85. The van der Waals surface area contributed by atoms with Crippen molar-refractivity contribution in [3.8, 4) is 0 Å². The van der Waals surface area contributed by atoms with Crippen LogP contribution >= 0.6 is 0 Å². The van der Waals surface area contributed by atoms with Crippen molar-refractivity contribution in [2.75, 3.05) is 39.6 Å². The SMILES string of the molecule is CCOC(=O)C1=C[C@H]2C(OC)(OC)[C@@H]1C=C[C@]21C(=O)N(COC)c2ccccc21. The molecular formula is C22H25NO6. The number of fused-ring (bicyclic) bond motifs is 5. The highest BCUT2D eigenvalue weighted by atomic mass is 16.7. The molecule has 4 rings (SSSR count). The number of hydrogen-bond donors (Lipinski definition) is 0. The number of carbonyl (C=O) groups excluding carboxylic acids is 2. The lowest BCUT2D eigenvalue weighted by molar-refractivity contribution is -0.251. The van der Waals surface area contributed by atoms with Gasteiger partial charge in [0, 0.05) is 26.9 Å². The summed E-state index contributed by atoms with van der Waals surface area (Å²) in [6, 6.07) is 7.61. The molecule has 2 bridgehead atoms. The fourth-order valence-corrected chi connectivity index (χ4v) is 5.07. The predicted molar refractivity (Wildman–Crippen MR) is 105 cm³/mol. The third-order valence-corrected chi connectivity index (χ3v) is 6.24. The first-order valence-electron chi connectivity index (χ1n) is 9.60. The van der Waals surface area contributed by atoms with Gasteiger partial charge in [0.1, 0.15) is 12.1 Å². The molecule has 0 saturated carbocycles. The Hall–Kier alpha value is -2.48. The predicted octanol–water partition coefficient (Wildman–Crippen LogP) is 2.17. The van der Waals surface area contributed by atoms with Gasteiger partial charge in [0.15, 0.2) is 5.79 Å². The van der Waals surface area contributed by atoms with Crippen LogP contribution < -0.4 is 4.90 Å². The van der Waals surface area contributed by atoms with Crippen LogP contribution in [0.2, 0.25) is 0 Å². The number of rotatable bonds is 6. The quantitative estimate of drug-likeness (QED) is 0.415. The summed E-state index contributed by atoms with van der Waals surface area (Å²) < 4.78 is 22.3. The molecule has 0 fully saturated rings. The van der Waals surface area contributed by atoms with Crippen LogP contribution in [-0.4, -0.2) is 52.3 Å². The maximum atomic E-state index is 13.8. The smallest absolute Gasteiger partial charge is 0.334 e. The lowest BCUT2D eigenvalue weighted by Crippen LogP contribution is -2.58. The molecule has 1 aliphatic heterocycles. The largest absolute Gasteiger partial charge is 0.463 e. The first kappa shape index (κ1) is 19.8. The first-order valence-corrected chi connectivity index (χ1v) is 9.60. The van der Waals surface area contributed by atoms with E-state index < -0.39 is 29.0 Å². The second-order valence-corrected chi connectivity index (χ2v) is 7.32. The van der Waals surface area contributed by atoms with Gasteiger partial charge >= 0.3 is 5.97 Å². The van der Waals surface area contributed by atoms with Crippen molar-refractivity contribution in [1.29, 1.82) is 0 Å². The van der Waals surface area contributed by atoms with Crippen LogP contribution in [0.3, 0.4) is 0 Å². The Balaban J connectivity index is 1.94. The number of anilines is 1. The zero-order valence-electron chi connectivity index (χ0n) is 17.0. The molecule has 1 aromatic rings.